The van der Waals surface area contributed by atoms with E-state index in [-0.39, 0.29) is 12.1 Å². The number of benzene rings is 2. The molecule has 140 valence electrons. The number of nitrogens with zero attached hydrogens (tertiary/aromatic N) is 1. The fourth-order valence-electron chi connectivity index (χ4n) is 3.07. The molecule has 0 aromatic heterocycles. The van der Waals surface area contributed by atoms with Crippen molar-refractivity contribution in [2.45, 2.75) is 32.6 Å². The van der Waals surface area contributed by atoms with Crippen LogP contribution in [-0.4, -0.2) is 24.1 Å². The third-order valence-corrected chi connectivity index (χ3v) is 4.63. The minimum atomic E-state index is -0.444. The molecule has 0 spiro atoms. The first-order valence-electron chi connectivity index (χ1n) is 9.02. The lowest BCUT2D eigenvalue weighted by Crippen LogP contribution is -2.35. The predicted octanol–water partition coefficient (Wildman–Crippen LogP) is 2.97. The van der Waals surface area contributed by atoms with Gasteiger partial charge in [-0.1, -0.05) is 12.1 Å². The zero-order chi connectivity index (χ0) is 19.2. The van der Waals surface area contributed by atoms with E-state index in [4.69, 9.17) is 0 Å². The molecule has 0 fully saturated rings. The quantitative estimate of drug-likeness (QED) is 0.630. The van der Waals surface area contributed by atoms with Crippen LogP contribution in [-0.2, 0) is 17.6 Å². The van der Waals surface area contributed by atoms with Crippen molar-refractivity contribution >= 4 is 17.5 Å². The number of carbonyl (C=O) groups is 2. The normalized spacial score (nSPS) is 13.6. The Morgan fingerprint density at radius 2 is 1.67 bits per heavy atom. The highest BCUT2D eigenvalue weighted by Gasteiger charge is 2.11. The lowest BCUT2D eigenvalue weighted by Gasteiger charge is -2.16. The minimum absolute atomic E-state index is 0.211. The van der Waals surface area contributed by atoms with Gasteiger partial charge in [-0.2, -0.15) is 5.10 Å². The Kier molecular flexibility index (Phi) is 5.96. The number of amides is 2. The molecular weight excluding hydrogens is 345 g/mol. The van der Waals surface area contributed by atoms with Gasteiger partial charge in [0.1, 0.15) is 5.82 Å². The largest absolute Gasteiger partial charge is 0.343 e. The van der Waals surface area contributed by atoms with E-state index in [2.05, 4.69) is 28.0 Å². The van der Waals surface area contributed by atoms with Crippen LogP contribution in [0.4, 0.5) is 4.39 Å². The van der Waals surface area contributed by atoms with Gasteiger partial charge in [-0.15, -0.1) is 0 Å². The third-order valence-electron chi connectivity index (χ3n) is 4.63. The van der Waals surface area contributed by atoms with Gasteiger partial charge in [0.25, 0.3) is 11.8 Å². The molecule has 0 saturated heterocycles. The maximum absolute atomic E-state index is 12.9. The maximum Gasteiger partial charge on any atom is 0.259 e. The standard InChI is InChI=1S/C21H22FN3O2/c1-14(17-7-6-15-4-2-3-5-18(15)12-17)24-25-20(26)13-23-21(27)16-8-10-19(22)11-9-16/h6-12H,2-5,13H2,1H3,(H,23,27)(H,25,26)/b24-14+. The lowest BCUT2D eigenvalue weighted by atomic mass is 9.90. The summed E-state index contributed by atoms with van der Waals surface area (Å²) in [7, 11) is 0. The van der Waals surface area contributed by atoms with Crippen LogP contribution in [0.25, 0.3) is 0 Å². The summed E-state index contributed by atoms with van der Waals surface area (Å²) in [6, 6.07) is 11.4. The molecule has 2 aromatic rings. The van der Waals surface area contributed by atoms with Crippen molar-refractivity contribution < 1.29 is 14.0 Å². The zero-order valence-corrected chi connectivity index (χ0v) is 15.2. The van der Waals surface area contributed by atoms with Gasteiger partial charge in [-0.3, -0.25) is 9.59 Å². The van der Waals surface area contributed by atoms with Crippen LogP contribution in [0, 0.1) is 5.82 Å². The molecule has 2 amide bonds. The number of hydrogen-bond acceptors (Lipinski definition) is 3. The molecule has 0 saturated carbocycles. The highest BCUT2D eigenvalue weighted by molar-refractivity contribution is 6.00. The average Bonchev–Trinajstić information content (AvgIpc) is 2.70. The molecule has 2 N–H and O–H groups in total. The summed E-state index contributed by atoms with van der Waals surface area (Å²) < 4.78 is 12.9. The smallest absolute Gasteiger partial charge is 0.259 e. The fraction of sp³-hybridized carbons (Fsp3) is 0.286. The Morgan fingerprint density at radius 3 is 2.41 bits per heavy atom. The number of hydrogen-bond donors (Lipinski definition) is 2. The second-order valence-electron chi connectivity index (χ2n) is 6.61. The van der Waals surface area contributed by atoms with Crippen molar-refractivity contribution in [3.05, 3.63) is 70.5 Å². The minimum Gasteiger partial charge on any atom is -0.343 e. The maximum atomic E-state index is 12.9. The van der Waals surface area contributed by atoms with E-state index < -0.39 is 17.6 Å². The fourth-order valence-corrected chi connectivity index (χ4v) is 3.07. The molecule has 0 atom stereocenters. The molecule has 0 unspecified atom stereocenters. The second-order valence-corrected chi connectivity index (χ2v) is 6.61. The molecule has 1 aliphatic rings. The SMILES string of the molecule is C/C(=N\NC(=O)CNC(=O)c1ccc(F)cc1)c1ccc2c(c1)CCCC2. The summed E-state index contributed by atoms with van der Waals surface area (Å²) in [4.78, 5) is 23.8. The summed E-state index contributed by atoms with van der Waals surface area (Å²) in [5, 5.41) is 6.60. The second kappa shape index (κ2) is 8.58. The van der Waals surface area contributed by atoms with Crippen LogP contribution in [0.3, 0.4) is 0 Å². The third kappa shape index (κ3) is 5.00. The van der Waals surface area contributed by atoms with E-state index >= 15 is 0 Å². The van der Waals surface area contributed by atoms with Crippen LogP contribution in [0.1, 0.15) is 46.8 Å². The number of nitrogens with one attached hydrogen (secondary N) is 2. The molecular formula is C21H22FN3O2. The monoisotopic (exact) mass is 367 g/mol. The Hall–Kier alpha value is -3.02. The Balaban J connectivity index is 1.53. The number of aryl methyl sites for hydroxylation is 2. The summed E-state index contributed by atoms with van der Waals surface area (Å²) in [5.74, 6) is -1.29. The van der Waals surface area contributed by atoms with Crippen LogP contribution < -0.4 is 10.7 Å². The number of fused-ring (bicyclic) bond motifs is 1. The van der Waals surface area contributed by atoms with Crippen molar-refractivity contribution in [1.82, 2.24) is 10.7 Å². The van der Waals surface area contributed by atoms with E-state index in [1.54, 1.807) is 0 Å². The van der Waals surface area contributed by atoms with Crippen molar-refractivity contribution in [1.29, 1.82) is 0 Å². The molecule has 2 aromatic carbocycles. The van der Waals surface area contributed by atoms with Gasteiger partial charge in [0.2, 0.25) is 0 Å². The van der Waals surface area contributed by atoms with Crippen LogP contribution >= 0.6 is 0 Å². The van der Waals surface area contributed by atoms with Gasteiger partial charge in [0, 0.05) is 5.56 Å². The first-order valence-corrected chi connectivity index (χ1v) is 9.02. The number of rotatable bonds is 5. The molecule has 6 heteroatoms. The van der Waals surface area contributed by atoms with Gasteiger partial charge in [-0.05, 0) is 79.6 Å². The first kappa shape index (κ1) is 18.8. The van der Waals surface area contributed by atoms with Gasteiger partial charge in [0.15, 0.2) is 0 Å². The van der Waals surface area contributed by atoms with Gasteiger partial charge in [0.05, 0.1) is 12.3 Å². The van der Waals surface area contributed by atoms with Crippen molar-refractivity contribution in [3.8, 4) is 0 Å². The average molecular weight is 367 g/mol. The van der Waals surface area contributed by atoms with E-state index in [0.717, 1.165) is 18.4 Å². The molecule has 0 aliphatic heterocycles. The van der Waals surface area contributed by atoms with Crippen molar-refractivity contribution in [3.63, 3.8) is 0 Å². The summed E-state index contributed by atoms with van der Waals surface area (Å²) >= 11 is 0. The van der Waals surface area contributed by atoms with E-state index in [9.17, 15) is 14.0 Å². The highest BCUT2D eigenvalue weighted by Crippen LogP contribution is 2.22. The van der Waals surface area contributed by atoms with E-state index in [1.165, 1.54) is 48.2 Å². The topological polar surface area (TPSA) is 70.6 Å². The zero-order valence-electron chi connectivity index (χ0n) is 15.2. The molecule has 3 rings (SSSR count). The van der Waals surface area contributed by atoms with E-state index in [1.807, 2.05) is 13.0 Å². The van der Waals surface area contributed by atoms with Crippen molar-refractivity contribution in [2.24, 2.45) is 5.10 Å². The van der Waals surface area contributed by atoms with Crippen LogP contribution in [0.5, 0.6) is 0 Å². The van der Waals surface area contributed by atoms with Crippen LogP contribution in [0.15, 0.2) is 47.6 Å². The Labute approximate surface area is 157 Å². The molecule has 0 radical (unpaired) electrons. The lowest BCUT2D eigenvalue weighted by molar-refractivity contribution is -0.120. The Bertz CT molecular complexity index is 875. The summed E-state index contributed by atoms with van der Waals surface area (Å²) in [6.07, 6.45) is 4.64. The first-order chi connectivity index (χ1) is 13.0. The summed E-state index contributed by atoms with van der Waals surface area (Å²) in [6.45, 7) is 1.62. The van der Waals surface area contributed by atoms with Gasteiger partial charge >= 0.3 is 0 Å². The number of hydrazone groups is 1. The molecule has 0 heterocycles. The molecule has 27 heavy (non-hydrogen) atoms. The van der Waals surface area contributed by atoms with E-state index in [0.29, 0.717) is 5.71 Å². The highest BCUT2D eigenvalue weighted by atomic mass is 19.1. The molecule has 1 aliphatic carbocycles. The Morgan fingerprint density at radius 1 is 1.00 bits per heavy atom. The van der Waals surface area contributed by atoms with Gasteiger partial charge < -0.3 is 5.32 Å². The van der Waals surface area contributed by atoms with Crippen LogP contribution in [0.2, 0.25) is 0 Å². The number of halogens is 1. The summed E-state index contributed by atoms with van der Waals surface area (Å²) in [5.41, 5.74) is 7.18. The predicted molar refractivity (Wildman–Crippen MR) is 102 cm³/mol. The molecule has 5 nitrogen and oxygen atoms in total. The van der Waals surface area contributed by atoms with Gasteiger partial charge in [-0.25, -0.2) is 9.82 Å². The molecule has 0 bridgehead atoms. The van der Waals surface area contributed by atoms with Crippen molar-refractivity contribution in [2.75, 3.05) is 6.54 Å². The number of carbonyl (C=O) groups excluding carboxylic acids is 2.